The van der Waals surface area contributed by atoms with E-state index < -0.39 is 0 Å². The van der Waals surface area contributed by atoms with E-state index in [-0.39, 0.29) is 6.10 Å². The number of thiophene rings is 1. The van der Waals surface area contributed by atoms with Crippen LogP contribution in [0.25, 0.3) is 15.9 Å². The van der Waals surface area contributed by atoms with E-state index >= 15 is 0 Å². The van der Waals surface area contributed by atoms with Crippen molar-refractivity contribution in [1.82, 2.24) is 15.8 Å². The molecule has 0 saturated carbocycles. The molecule has 0 radical (unpaired) electrons. The lowest BCUT2D eigenvalue weighted by Crippen LogP contribution is -2.22. The SMILES string of the molecule is CO[C@H](C)CNc1cc(N)nc2cc(C3=CCNN3)sc12. The van der Waals surface area contributed by atoms with Gasteiger partial charge in [-0.25, -0.2) is 10.4 Å². The van der Waals surface area contributed by atoms with Crippen LogP contribution in [0.2, 0.25) is 0 Å². The van der Waals surface area contributed by atoms with Gasteiger partial charge in [0.1, 0.15) is 5.82 Å². The first-order valence-corrected chi connectivity index (χ1v) is 7.65. The van der Waals surface area contributed by atoms with E-state index in [1.54, 1.807) is 18.4 Å². The first-order valence-electron chi connectivity index (χ1n) is 6.83. The Hall–Kier alpha value is -1.83. The first-order chi connectivity index (χ1) is 10.2. The number of ether oxygens (including phenoxy) is 1. The summed E-state index contributed by atoms with van der Waals surface area (Å²) in [5.74, 6) is 0.519. The van der Waals surface area contributed by atoms with E-state index in [1.165, 1.54) is 0 Å². The van der Waals surface area contributed by atoms with Crippen molar-refractivity contribution in [2.45, 2.75) is 13.0 Å². The zero-order valence-electron chi connectivity index (χ0n) is 12.1. The molecule has 21 heavy (non-hydrogen) atoms. The molecule has 0 aromatic carbocycles. The molecular formula is C14H19N5OS. The van der Waals surface area contributed by atoms with Crippen molar-refractivity contribution < 1.29 is 4.74 Å². The van der Waals surface area contributed by atoms with Crippen molar-refractivity contribution in [2.75, 3.05) is 31.2 Å². The van der Waals surface area contributed by atoms with Crippen molar-refractivity contribution in [3.05, 3.63) is 23.1 Å². The third-order valence-electron chi connectivity index (χ3n) is 3.38. The third kappa shape index (κ3) is 2.94. The molecule has 2 aromatic heterocycles. The van der Waals surface area contributed by atoms with Gasteiger partial charge in [-0.3, -0.25) is 0 Å². The van der Waals surface area contributed by atoms with Crippen molar-refractivity contribution >= 4 is 38.8 Å². The number of nitrogens with two attached hydrogens (primary N) is 1. The van der Waals surface area contributed by atoms with Gasteiger partial charge in [0.05, 0.1) is 32.6 Å². The Bertz CT molecular complexity index is 681. The molecule has 0 unspecified atom stereocenters. The highest BCUT2D eigenvalue weighted by atomic mass is 32.1. The summed E-state index contributed by atoms with van der Waals surface area (Å²) in [7, 11) is 1.71. The van der Waals surface area contributed by atoms with E-state index in [2.05, 4.69) is 33.3 Å². The number of anilines is 2. The molecule has 0 bridgehead atoms. The molecule has 7 heteroatoms. The third-order valence-corrected chi connectivity index (χ3v) is 4.57. The van der Waals surface area contributed by atoms with Crippen LogP contribution in [0.1, 0.15) is 11.8 Å². The van der Waals surface area contributed by atoms with E-state index in [0.717, 1.165) is 39.6 Å². The number of hydrogen-bond acceptors (Lipinski definition) is 7. The number of nitrogen functional groups attached to an aromatic ring is 1. The Kier molecular flexibility index (Phi) is 3.96. The van der Waals surface area contributed by atoms with Gasteiger partial charge < -0.3 is 21.2 Å². The standard InChI is InChI=1S/C14H19N5OS/c1-8(20-2)7-16-10-6-13(15)18-11-5-12(21-14(10)11)9-3-4-17-19-9/h3,5-6,8,17,19H,4,7H2,1-2H3,(H3,15,16,18)/t8-/m1/s1. The zero-order valence-corrected chi connectivity index (χ0v) is 12.9. The normalized spacial score (nSPS) is 15.8. The van der Waals surface area contributed by atoms with Gasteiger partial charge in [0.15, 0.2) is 0 Å². The minimum absolute atomic E-state index is 0.136. The Morgan fingerprint density at radius 2 is 2.38 bits per heavy atom. The molecule has 112 valence electrons. The summed E-state index contributed by atoms with van der Waals surface area (Å²) in [4.78, 5) is 5.57. The number of nitrogens with one attached hydrogen (secondary N) is 3. The van der Waals surface area contributed by atoms with Crippen LogP contribution in [-0.2, 0) is 4.74 Å². The van der Waals surface area contributed by atoms with Gasteiger partial charge in [0, 0.05) is 26.3 Å². The molecular weight excluding hydrogens is 286 g/mol. The van der Waals surface area contributed by atoms with Crippen molar-refractivity contribution in [2.24, 2.45) is 0 Å². The van der Waals surface area contributed by atoms with Gasteiger partial charge in [-0.15, -0.1) is 11.3 Å². The molecule has 3 heterocycles. The maximum absolute atomic E-state index is 5.91. The average molecular weight is 305 g/mol. The first kappa shape index (κ1) is 14.1. The molecule has 0 amide bonds. The predicted octanol–water partition coefficient (Wildman–Crippen LogP) is 1.77. The fourth-order valence-electron chi connectivity index (χ4n) is 2.16. The predicted molar refractivity (Wildman–Crippen MR) is 88.1 cm³/mol. The van der Waals surface area contributed by atoms with Crippen LogP contribution in [0, 0.1) is 0 Å². The van der Waals surface area contributed by atoms with Gasteiger partial charge >= 0.3 is 0 Å². The van der Waals surface area contributed by atoms with Gasteiger partial charge in [-0.05, 0) is 19.1 Å². The molecule has 1 aliphatic heterocycles. The molecule has 1 aliphatic rings. The zero-order chi connectivity index (χ0) is 14.8. The number of fused-ring (bicyclic) bond motifs is 1. The van der Waals surface area contributed by atoms with E-state index in [9.17, 15) is 0 Å². The van der Waals surface area contributed by atoms with Crippen LogP contribution in [0.3, 0.4) is 0 Å². The average Bonchev–Trinajstić information content (AvgIpc) is 3.12. The highest BCUT2D eigenvalue weighted by molar-refractivity contribution is 7.20. The summed E-state index contributed by atoms with van der Waals surface area (Å²) in [6, 6.07) is 3.94. The molecule has 0 spiro atoms. The summed E-state index contributed by atoms with van der Waals surface area (Å²) in [5.41, 5.74) is 15.1. The lowest BCUT2D eigenvalue weighted by molar-refractivity contribution is 0.129. The molecule has 0 saturated heterocycles. The number of methoxy groups -OCH3 is 1. The van der Waals surface area contributed by atoms with Crippen LogP contribution in [0.5, 0.6) is 0 Å². The highest BCUT2D eigenvalue weighted by Crippen LogP contribution is 2.35. The minimum Gasteiger partial charge on any atom is -0.384 e. The number of pyridine rings is 1. The monoisotopic (exact) mass is 305 g/mol. The van der Waals surface area contributed by atoms with Crippen LogP contribution >= 0.6 is 11.3 Å². The molecule has 0 fully saturated rings. The van der Waals surface area contributed by atoms with Crippen LogP contribution in [0.4, 0.5) is 11.5 Å². The van der Waals surface area contributed by atoms with Crippen LogP contribution in [-0.4, -0.2) is 31.3 Å². The molecule has 2 aromatic rings. The quantitative estimate of drug-likeness (QED) is 0.674. The lowest BCUT2D eigenvalue weighted by atomic mass is 10.3. The number of hydrazine groups is 1. The van der Waals surface area contributed by atoms with Crippen molar-refractivity contribution in [3.63, 3.8) is 0 Å². The maximum Gasteiger partial charge on any atom is 0.126 e. The second-order valence-corrected chi connectivity index (χ2v) is 6.02. The maximum atomic E-state index is 5.91. The second-order valence-electron chi connectivity index (χ2n) is 4.97. The molecule has 1 atom stereocenters. The number of nitrogens with zero attached hydrogens (tertiary/aromatic N) is 1. The summed E-state index contributed by atoms with van der Waals surface area (Å²) in [6.45, 7) is 3.58. The summed E-state index contributed by atoms with van der Waals surface area (Å²) >= 11 is 1.70. The fraction of sp³-hybridized carbons (Fsp3) is 0.357. The summed E-state index contributed by atoms with van der Waals surface area (Å²) in [5, 5.41) is 3.39. The largest absolute Gasteiger partial charge is 0.384 e. The van der Waals surface area contributed by atoms with E-state index in [0.29, 0.717) is 5.82 Å². The molecule has 3 rings (SSSR count). The molecule has 6 nitrogen and oxygen atoms in total. The van der Waals surface area contributed by atoms with Gasteiger partial charge in [-0.2, -0.15) is 0 Å². The minimum atomic E-state index is 0.136. The smallest absolute Gasteiger partial charge is 0.126 e. The Balaban J connectivity index is 1.95. The summed E-state index contributed by atoms with van der Waals surface area (Å²) in [6.07, 6.45) is 2.26. The van der Waals surface area contributed by atoms with E-state index in [1.807, 2.05) is 13.0 Å². The van der Waals surface area contributed by atoms with Crippen molar-refractivity contribution in [1.29, 1.82) is 0 Å². The molecule has 5 N–H and O–H groups in total. The van der Waals surface area contributed by atoms with Gasteiger partial charge in [-0.1, -0.05) is 0 Å². The lowest BCUT2D eigenvalue weighted by Gasteiger charge is -2.12. The van der Waals surface area contributed by atoms with Crippen LogP contribution in [0.15, 0.2) is 18.2 Å². The Morgan fingerprint density at radius 3 is 3.10 bits per heavy atom. The number of aromatic nitrogens is 1. The van der Waals surface area contributed by atoms with E-state index in [4.69, 9.17) is 10.5 Å². The number of hydrogen-bond donors (Lipinski definition) is 4. The summed E-state index contributed by atoms with van der Waals surface area (Å²) < 4.78 is 6.38. The number of rotatable bonds is 5. The van der Waals surface area contributed by atoms with Crippen LogP contribution < -0.4 is 21.9 Å². The highest BCUT2D eigenvalue weighted by Gasteiger charge is 2.14. The van der Waals surface area contributed by atoms with Crippen molar-refractivity contribution in [3.8, 4) is 0 Å². The Morgan fingerprint density at radius 1 is 1.52 bits per heavy atom. The second kappa shape index (κ2) is 5.88. The van der Waals surface area contributed by atoms with Gasteiger partial charge in [0.25, 0.3) is 0 Å². The fourth-order valence-corrected chi connectivity index (χ4v) is 3.24. The topological polar surface area (TPSA) is 84.2 Å². The molecule has 0 aliphatic carbocycles. The van der Waals surface area contributed by atoms with Gasteiger partial charge in [0.2, 0.25) is 0 Å². The Labute approximate surface area is 127 Å².